The minimum atomic E-state index is -0.867. The van der Waals surface area contributed by atoms with E-state index >= 15 is 0 Å². The topological polar surface area (TPSA) is 79.8 Å². The Morgan fingerprint density at radius 1 is 1.10 bits per heavy atom. The number of Topliss-reactive ketones (excluding diaryl/α,β-unsaturated/α-hetero) is 1. The van der Waals surface area contributed by atoms with E-state index in [1.165, 1.54) is 23.1 Å². The molecule has 30 heavy (non-hydrogen) atoms. The molecular weight excluding hydrogens is 414 g/mol. The van der Waals surface area contributed by atoms with Crippen LogP contribution in [-0.2, 0) is 4.79 Å². The van der Waals surface area contributed by atoms with Gasteiger partial charge in [-0.05, 0) is 6.92 Å². The average molecular weight is 432 g/mol. The third kappa shape index (κ3) is 4.35. The molecule has 0 bridgehead atoms. The third-order valence-electron chi connectivity index (χ3n) is 4.36. The lowest BCUT2D eigenvalue weighted by Gasteiger charge is -2.03. The lowest BCUT2D eigenvalue weighted by Crippen LogP contribution is -2.13. The molecular formula is C23H17N3O2S2. The smallest absolute Gasteiger partial charge is 0.257 e. The van der Waals surface area contributed by atoms with Crippen molar-refractivity contribution in [2.75, 3.05) is 5.75 Å². The van der Waals surface area contributed by atoms with E-state index in [0.717, 1.165) is 22.5 Å². The number of aromatic nitrogens is 2. The SMILES string of the molecule is Cc1csc([C@H](C#N)C(=O)CSc2nc(-c3ccccc3)c(-c3ccccc3)o2)n1. The second-order valence-electron chi connectivity index (χ2n) is 6.53. The number of oxazole rings is 1. The molecule has 0 aliphatic carbocycles. The number of hydrogen-bond acceptors (Lipinski definition) is 7. The summed E-state index contributed by atoms with van der Waals surface area (Å²) in [7, 11) is 0. The molecule has 4 rings (SSSR count). The molecule has 2 aromatic heterocycles. The van der Waals surface area contributed by atoms with Gasteiger partial charge < -0.3 is 4.42 Å². The van der Waals surface area contributed by atoms with Gasteiger partial charge in [0.15, 0.2) is 17.5 Å². The fourth-order valence-corrected chi connectivity index (χ4v) is 4.52. The summed E-state index contributed by atoms with van der Waals surface area (Å²) in [4.78, 5) is 21.6. The Balaban J connectivity index is 1.58. The van der Waals surface area contributed by atoms with Crippen LogP contribution < -0.4 is 0 Å². The van der Waals surface area contributed by atoms with E-state index in [-0.39, 0.29) is 11.5 Å². The van der Waals surface area contributed by atoms with Crippen LogP contribution in [0.5, 0.6) is 0 Å². The minimum Gasteiger partial charge on any atom is -0.431 e. The molecule has 0 N–H and O–H groups in total. The van der Waals surface area contributed by atoms with Crippen molar-refractivity contribution in [1.29, 1.82) is 5.26 Å². The fourth-order valence-electron chi connectivity index (χ4n) is 2.92. The summed E-state index contributed by atoms with van der Waals surface area (Å²) >= 11 is 2.53. The Morgan fingerprint density at radius 3 is 2.37 bits per heavy atom. The summed E-state index contributed by atoms with van der Waals surface area (Å²) in [6.45, 7) is 1.84. The molecule has 1 atom stereocenters. The van der Waals surface area contributed by atoms with E-state index < -0.39 is 5.92 Å². The molecule has 0 spiro atoms. The van der Waals surface area contributed by atoms with E-state index in [9.17, 15) is 10.1 Å². The Labute approximate surface area is 182 Å². The first-order valence-electron chi connectivity index (χ1n) is 9.24. The molecule has 0 radical (unpaired) electrons. The second-order valence-corrected chi connectivity index (χ2v) is 8.35. The molecule has 0 aliphatic rings. The van der Waals surface area contributed by atoms with Gasteiger partial charge >= 0.3 is 0 Å². The van der Waals surface area contributed by atoms with Gasteiger partial charge in [-0.15, -0.1) is 11.3 Å². The molecule has 0 saturated carbocycles. The van der Waals surface area contributed by atoms with Gasteiger partial charge in [-0.1, -0.05) is 72.4 Å². The second kappa shape index (κ2) is 9.08. The molecule has 7 heteroatoms. The summed E-state index contributed by atoms with van der Waals surface area (Å²) in [5.41, 5.74) is 3.38. The summed E-state index contributed by atoms with van der Waals surface area (Å²) in [6, 6.07) is 21.6. The Kier molecular flexibility index (Phi) is 6.07. The standard InChI is InChI=1S/C23H17N3O2S2/c1-15-13-29-22(25-15)18(12-24)19(27)14-30-23-26-20(16-8-4-2-5-9-16)21(28-23)17-10-6-3-7-11-17/h2-11,13,18H,14H2,1H3/t18-/m1/s1. The zero-order valence-corrected chi connectivity index (χ0v) is 17.7. The molecule has 2 aromatic carbocycles. The van der Waals surface area contributed by atoms with E-state index in [4.69, 9.17) is 4.42 Å². The molecule has 0 amide bonds. The molecule has 2 heterocycles. The van der Waals surface area contributed by atoms with Gasteiger partial charge in [0, 0.05) is 22.2 Å². The number of carbonyl (C=O) groups excluding carboxylic acids is 1. The lowest BCUT2D eigenvalue weighted by molar-refractivity contribution is -0.116. The number of ketones is 1. The van der Waals surface area contributed by atoms with Gasteiger partial charge in [0.2, 0.25) is 0 Å². The van der Waals surface area contributed by atoms with Crippen molar-refractivity contribution in [1.82, 2.24) is 9.97 Å². The van der Waals surface area contributed by atoms with Gasteiger partial charge in [0.1, 0.15) is 10.7 Å². The fraction of sp³-hybridized carbons (Fsp3) is 0.130. The number of thioether (sulfide) groups is 1. The highest BCUT2D eigenvalue weighted by Crippen LogP contribution is 2.36. The van der Waals surface area contributed by atoms with Crippen LogP contribution in [0.2, 0.25) is 0 Å². The number of thiazole rings is 1. The van der Waals surface area contributed by atoms with Crippen LogP contribution in [0.15, 0.2) is 75.7 Å². The number of benzene rings is 2. The largest absolute Gasteiger partial charge is 0.431 e. The van der Waals surface area contributed by atoms with Crippen LogP contribution in [0, 0.1) is 18.3 Å². The number of nitriles is 1. The summed E-state index contributed by atoms with van der Waals surface area (Å²) in [5, 5.41) is 12.2. The average Bonchev–Trinajstić information content (AvgIpc) is 3.41. The maximum atomic E-state index is 12.6. The van der Waals surface area contributed by atoms with Crippen molar-refractivity contribution < 1.29 is 9.21 Å². The molecule has 4 aromatic rings. The van der Waals surface area contributed by atoms with Crippen LogP contribution in [0.3, 0.4) is 0 Å². The van der Waals surface area contributed by atoms with Crippen LogP contribution in [0.1, 0.15) is 16.6 Å². The molecule has 5 nitrogen and oxygen atoms in total. The monoisotopic (exact) mass is 431 g/mol. The van der Waals surface area contributed by atoms with Gasteiger partial charge in [-0.25, -0.2) is 9.97 Å². The first-order chi connectivity index (χ1) is 14.7. The van der Waals surface area contributed by atoms with E-state index in [1.54, 1.807) is 0 Å². The van der Waals surface area contributed by atoms with E-state index in [1.807, 2.05) is 73.0 Å². The Morgan fingerprint density at radius 2 is 1.77 bits per heavy atom. The van der Waals surface area contributed by atoms with Crippen LogP contribution in [0.4, 0.5) is 0 Å². The summed E-state index contributed by atoms with van der Waals surface area (Å²) < 4.78 is 6.03. The van der Waals surface area contributed by atoms with Crippen LogP contribution >= 0.6 is 23.1 Å². The highest BCUT2D eigenvalue weighted by atomic mass is 32.2. The van der Waals surface area contributed by atoms with E-state index in [2.05, 4.69) is 16.0 Å². The number of nitrogens with zero attached hydrogens (tertiary/aromatic N) is 3. The van der Waals surface area contributed by atoms with Crippen molar-refractivity contribution >= 4 is 28.9 Å². The van der Waals surface area contributed by atoms with Crippen molar-refractivity contribution in [3.05, 3.63) is 76.7 Å². The predicted octanol–water partition coefficient (Wildman–Crippen LogP) is 5.74. The van der Waals surface area contributed by atoms with Crippen LogP contribution in [0.25, 0.3) is 22.6 Å². The normalized spacial score (nSPS) is 11.7. The van der Waals surface area contributed by atoms with Gasteiger partial charge in [-0.3, -0.25) is 4.79 Å². The number of rotatable bonds is 7. The third-order valence-corrected chi connectivity index (χ3v) is 6.24. The van der Waals surface area contributed by atoms with Gasteiger partial charge in [0.25, 0.3) is 5.22 Å². The van der Waals surface area contributed by atoms with Crippen LogP contribution in [-0.4, -0.2) is 21.5 Å². The van der Waals surface area contributed by atoms with Gasteiger partial charge in [0.05, 0.1) is 11.8 Å². The molecule has 0 unspecified atom stereocenters. The molecule has 0 saturated heterocycles. The van der Waals surface area contributed by atoms with Crippen molar-refractivity contribution in [3.63, 3.8) is 0 Å². The Bertz CT molecular complexity index is 1140. The molecule has 0 fully saturated rings. The number of hydrogen-bond donors (Lipinski definition) is 0. The predicted molar refractivity (Wildman–Crippen MR) is 118 cm³/mol. The first-order valence-corrected chi connectivity index (χ1v) is 11.1. The number of aryl methyl sites for hydroxylation is 1. The highest BCUT2D eigenvalue weighted by molar-refractivity contribution is 7.99. The summed E-state index contributed by atoms with van der Waals surface area (Å²) in [6.07, 6.45) is 0. The zero-order valence-electron chi connectivity index (χ0n) is 16.1. The molecule has 148 valence electrons. The maximum Gasteiger partial charge on any atom is 0.257 e. The maximum absolute atomic E-state index is 12.6. The highest BCUT2D eigenvalue weighted by Gasteiger charge is 2.25. The van der Waals surface area contributed by atoms with Crippen molar-refractivity contribution in [3.8, 4) is 28.7 Å². The van der Waals surface area contributed by atoms with Crippen molar-refractivity contribution in [2.45, 2.75) is 18.1 Å². The van der Waals surface area contributed by atoms with E-state index in [0.29, 0.717) is 16.0 Å². The Hall–Kier alpha value is -3.21. The number of carbonyl (C=O) groups is 1. The zero-order chi connectivity index (χ0) is 20.9. The summed E-state index contributed by atoms with van der Waals surface area (Å²) in [5.74, 6) is -0.338. The first kappa shape index (κ1) is 20.1. The molecule has 0 aliphatic heterocycles. The lowest BCUT2D eigenvalue weighted by atomic mass is 10.1. The quantitative estimate of drug-likeness (QED) is 0.347. The van der Waals surface area contributed by atoms with Gasteiger partial charge in [-0.2, -0.15) is 5.26 Å². The minimum absolute atomic E-state index is 0.0832. The van der Waals surface area contributed by atoms with Crippen molar-refractivity contribution in [2.24, 2.45) is 0 Å².